The Morgan fingerprint density at radius 1 is 1.07 bits per heavy atom. The van der Waals surface area contributed by atoms with Gasteiger partial charge < -0.3 is 5.32 Å². The number of Topliss-reactive ketones (excluding diaryl/α,β-unsaturated/α-hetero) is 1. The Kier molecular flexibility index (Phi) is 5.52. The van der Waals surface area contributed by atoms with Crippen molar-refractivity contribution in [3.05, 3.63) is 87.9 Å². The molecule has 0 spiro atoms. The zero-order chi connectivity index (χ0) is 20.5. The maximum Gasteiger partial charge on any atom is 0.194 e. The highest BCUT2D eigenvalue weighted by Gasteiger charge is 2.37. The first-order chi connectivity index (χ1) is 13.9. The van der Waals surface area contributed by atoms with Gasteiger partial charge in [-0.1, -0.05) is 28.1 Å². The van der Waals surface area contributed by atoms with Crippen LogP contribution in [0.5, 0.6) is 0 Å². The van der Waals surface area contributed by atoms with Crippen molar-refractivity contribution in [1.82, 2.24) is 10.3 Å². The third kappa shape index (κ3) is 3.97. The van der Waals surface area contributed by atoms with Gasteiger partial charge in [0.05, 0.1) is 6.54 Å². The van der Waals surface area contributed by atoms with Crippen molar-refractivity contribution in [2.45, 2.75) is 12.5 Å². The molecule has 1 aliphatic rings. The summed E-state index contributed by atoms with van der Waals surface area (Å²) in [6.45, 7) is 0.149. The Hall–Kier alpha value is -2.51. The van der Waals surface area contributed by atoms with E-state index in [-0.39, 0.29) is 30.4 Å². The van der Waals surface area contributed by atoms with Gasteiger partial charge >= 0.3 is 0 Å². The van der Waals surface area contributed by atoms with Crippen LogP contribution in [0.3, 0.4) is 0 Å². The molecule has 2 atom stereocenters. The van der Waals surface area contributed by atoms with Crippen molar-refractivity contribution in [1.29, 1.82) is 0 Å². The molecule has 3 nitrogen and oxygen atoms in total. The van der Waals surface area contributed by atoms with E-state index in [1.807, 2.05) is 30.3 Å². The number of benzene rings is 2. The van der Waals surface area contributed by atoms with Gasteiger partial charge in [-0.3, -0.25) is 9.78 Å². The normalized spacial score (nSPS) is 19.0. The van der Waals surface area contributed by atoms with E-state index in [0.717, 1.165) is 33.3 Å². The first-order valence-electron chi connectivity index (χ1n) is 9.03. The maximum atomic E-state index is 13.6. The van der Waals surface area contributed by atoms with Crippen LogP contribution in [0, 0.1) is 23.4 Å². The van der Waals surface area contributed by atoms with Crippen LogP contribution >= 0.6 is 15.9 Å². The molecule has 29 heavy (non-hydrogen) atoms. The molecule has 4 rings (SSSR count). The average Bonchev–Trinajstić information content (AvgIpc) is 3.07. The number of carbonyl (C=O) groups is 1. The molecule has 0 aliphatic carbocycles. The van der Waals surface area contributed by atoms with Gasteiger partial charge in [0.2, 0.25) is 0 Å². The molecule has 1 saturated heterocycles. The largest absolute Gasteiger partial charge is 0.302 e. The summed E-state index contributed by atoms with van der Waals surface area (Å²) in [5.74, 6) is -4.63. The molecule has 7 heteroatoms. The number of nitrogens with zero attached hydrogens (tertiary/aromatic N) is 1. The van der Waals surface area contributed by atoms with E-state index in [1.54, 1.807) is 12.4 Å². The van der Waals surface area contributed by atoms with Crippen LogP contribution in [0.2, 0.25) is 0 Å². The number of pyridine rings is 1. The summed E-state index contributed by atoms with van der Waals surface area (Å²) in [7, 11) is 0. The van der Waals surface area contributed by atoms with E-state index >= 15 is 0 Å². The summed E-state index contributed by atoms with van der Waals surface area (Å²) in [5, 5.41) is 3.19. The van der Waals surface area contributed by atoms with E-state index < -0.39 is 23.4 Å². The lowest BCUT2D eigenvalue weighted by molar-refractivity contribution is -0.119. The quantitative estimate of drug-likeness (QED) is 0.557. The van der Waals surface area contributed by atoms with Crippen molar-refractivity contribution in [2.75, 3.05) is 6.54 Å². The van der Waals surface area contributed by atoms with E-state index in [9.17, 15) is 18.0 Å². The lowest BCUT2D eigenvalue weighted by atomic mass is 9.85. The van der Waals surface area contributed by atoms with Gasteiger partial charge in [-0.15, -0.1) is 0 Å². The first-order valence-corrected chi connectivity index (χ1v) is 9.82. The van der Waals surface area contributed by atoms with Crippen molar-refractivity contribution in [3.8, 4) is 11.1 Å². The van der Waals surface area contributed by atoms with Crippen LogP contribution in [0.15, 0.2) is 59.3 Å². The number of rotatable bonds is 4. The van der Waals surface area contributed by atoms with Crippen molar-refractivity contribution >= 4 is 21.7 Å². The monoisotopic (exact) mass is 460 g/mol. The molecular weight excluding hydrogens is 445 g/mol. The Morgan fingerprint density at radius 3 is 2.45 bits per heavy atom. The zero-order valence-electron chi connectivity index (χ0n) is 15.1. The molecule has 0 radical (unpaired) electrons. The molecule has 1 aliphatic heterocycles. The lowest BCUT2D eigenvalue weighted by Gasteiger charge is -2.21. The zero-order valence-corrected chi connectivity index (χ0v) is 16.7. The predicted molar refractivity (Wildman–Crippen MR) is 107 cm³/mol. The number of hydrogen-bond donors (Lipinski definition) is 1. The minimum Gasteiger partial charge on any atom is -0.302 e. The van der Waals surface area contributed by atoms with E-state index in [4.69, 9.17) is 0 Å². The highest BCUT2D eigenvalue weighted by molar-refractivity contribution is 9.10. The summed E-state index contributed by atoms with van der Waals surface area (Å²) >= 11 is 3.42. The fourth-order valence-electron chi connectivity index (χ4n) is 3.75. The minimum absolute atomic E-state index is 0.0641. The minimum atomic E-state index is -1.51. The van der Waals surface area contributed by atoms with E-state index in [1.165, 1.54) is 0 Å². The van der Waals surface area contributed by atoms with E-state index in [0.29, 0.717) is 0 Å². The number of carbonyl (C=O) groups excluding carboxylic acids is 1. The van der Waals surface area contributed by atoms with Gasteiger partial charge in [0, 0.05) is 28.8 Å². The van der Waals surface area contributed by atoms with Gasteiger partial charge in [-0.05, 0) is 59.0 Å². The van der Waals surface area contributed by atoms with Gasteiger partial charge in [0.25, 0.3) is 0 Å². The second-order valence-corrected chi connectivity index (χ2v) is 7.89. The lowest BCUT2D eigenvalue weighted by Crippen LogP contribution is -2.21. The number of hydrogen-bond acceptors (Lipinski definition) is 3. The highest BCUT2D eigenvalue weighted by atomic mass is 79.9. The van der Waals surface area contributed by atoms with Crippen LogP contribution in [0.1, 0.15) is 17.2 Å². The molecule has 0 bridgehead atoms. The molecule has 1 aromatic heterocycles. The van der Waals surface area contributed by atoms with Crippen molar-refractivity contribution < 1.29 is 18.0 Å². The Bertz CT molecular complexity index is 1050. The number of nitrogens with one attached hydrogen (secondary N) is 1. The van der Waals surface area contributed by atoms with Crippen LogP contribution in [-0.2, 0) is 11.2 Å². The number of ketones is 1. The highest BCUT2D eigenvalue weighted by Crippen LogP contribution is 2.36. The molecule has 2 aromatic carbocycles. The van der Waals surface area contributed by atoms with Gasteiger partial charge in [0.1, 0.15) is 0 Å². The fourth-order valence-corrected chi connectivity index (χ4v) is 4.02. The molecule has 1 N–H and O–H groups in total. The van der Waals surface area contributed by atoms with Crippen molar-refractivity contribution in [3.63, 3.8) is 0 Å². The summed E-state index contributed by atoms with van der Waals surface area (Å²) in [4.78, 5) is 16.8. The van der Waals surface area contributed by atoms with Crippen LogP contribution < -0.4 is 5.32 Å². The van der Waals surface area contributed by atoms with Crippen LogP contribution in [0.25, 0.3) is 11.1 Å². The average molecular weight is 461 g/mol. The third-order valence-electron chi connectivity index (χ3n) is 5.15. The predicted octanol–water partition coefficient (Wildman–Crippen LogP) is 5.00. The van der Waals surface area contributed by atoms with Gasteiger partial charge in [-0.25, -0.2) is 13.2 Å². The molecule has 148 valence electrons. The fraction of sp³-hybridized carbons (Fsp3) is 0.182. The van der Waals surface area contributed by atoms with Crippen LogP contribution in [-0.4, -0.2) is 17.3 Å². The van der Waals surface area contributed by atoms with Gasteiger partial charge in [-0.2, -0.15) is 0 Å². The summed E-state index contributed by atoms with van der Waals surface area (Å²) < 4.78 is 41.5. The maximum absolute atomic E-state index is 13.6. The Balaban J connectivity index is 1.70. The van der Waals surface area contributed by atoms with Crippen LogP contribution in [0.4, 0.5) is 13.2 Å². The second-order valence-electron chi connectivity index (χ2n) is 6.98. The summed E-state index contributed by atoms with van der Waals surface area (Å²) in [5.41, 5.74) is 2.95. The first kappa shape index (κ1) is 19.8. The number of aromatic nitrogens is 1. The smallest absolute Gasteiger partial charge is 0.194 e. The summed E-state index contributed by atoms with van der Waals surface area (Å²) in [6.07, 6.45) is 3.48. The SMILES string of the molecule is O=C1CNC(c2cnccc2-c2ccc(Br)cc2)C1Cc1cc(F)c(F)c(F)c1. The Morgan fingerprint density at radius 2 is 1.76 bits per heavy atom. The molecule has 0 amide bonds. The van der Waals surface area contributed by atoms with E-state index in [2.05, 4.69) is 26.2 Å². The topological polar surface area (TPSA) is 42.0 Å². The molecule has 2 unspecified atom stereocenters. The number of halogens is 4. The third-order valence-corrected chi connectivity index (χ3v) is 5.68. The molecular formula is C22H16BrF3N2O. The molecule has 0 saturated carbocycles. The summed E-state index contributed by atoms with van der Waals surface area (Å²) in [6, 6.07) is 11.2. The second kappa shape index (κ2) is 8.08. The van der Waals surface area contributed by atoms with Crippen molar-refractivity contribution in [2.24, 2.45) is 5.92 Å². The molecule has 1 fully saturated rings. The molecule has 3 aromatic rings. The standard InChI is InChI=1S/C22H16BrF3N2O/c23-14-3-1-13(2-4-14)15-5-6-27-10-17(15)22-16(20(29)11-28-22)7-12-8-18(24)21(26)19(25)9-12/h1-6,8-10,16,22,28H,7,11H2. The Labute approximate surface area is 174 Å². The van der Waals surface area contributed by atoms with Gasteiger partial charge in [0.15, 0.2) is 23.2 Å². The molecule has 2 heterocycles.